The first kappa shape index (κ1) is 13.7. The molecule has 0 atom stereocenters. The number of amides is 1. The zero-order chi connectivity index (χ0) is 13.8. The number of nitrogens with one attached hydrogen (secondary N) is 2. The van der Waals surface area contributed by atoms with E-state index in [1.54, 1.807) is 6.20 Å². The number of hydrogen-bond donors (Lipinski definition) is 2. The minimum Gasteiger partial charge on any atom is -0.308 e. The smallest absolute Gasteiger partial charge is 0.230 e. The second kappa shape index (κ2) is 5.97. The maximum Gasteiger partial charge on any atom is 0.230 e. The van der Waals surface area contributed by atoms with Gasteiger partial charge in [0.1, 0.15) is 0 Å². The number of hydrogen-bond acceptors (Lipinski definition) is 3. The molecule has 2 N–H and O–H groups in total. The van der Waals surface area contributed by atoms with Gasteiger partial charge in [-0.15, -0.1) is 0 Å². The zero-order valence-corrected chi connectivity index (χ0v) is 12.4. The van der Waals surface area contributed by atoms with Crippen LogP contribution in [-0.4, -0.2) is 21.1 Å². The van der Waals surface area contributed by atoms with Crippen LogP contribution < -0.4 is 5.32 Å². The highest BCUT2D eigenvalue weighted by molar-refractivity contribution is 9.10. The Labute approximate surface area is 120 Å². The van der Waals surface area contributed by atoms with Crippen molar-refractivity contribution in [2.24, 2.45) is 0 Å². The molecule has 2 rings (SSSR count). The number of halogens is 1. The van der Waals surface area contributed by atoms with Gasteiger partial charge >= 0.3 is 0 Å². The van der Waals surface area contributed by atoms with E-state index >= 15 is 0 Å². The van der Waals surface area contributed by atoms with E-state index in [4.69, 9.17) is 0 Å². The van der Waals surface area contributed by atoms with E-state index < -0.39 is 0 Å². The van der Waals surface area contributed by atoms with E-state index in [1.165, 1.54) is 0 Å². The number of carbonyl (C=O) groups is 1. The fraction of sp³-hybridized carbons (Fsp3) is 0.308. The molecule has 0 aliphatic rings. The Morgan fingerprint density at radius 2 is 2.26 bits per heavy atom. The fourth-order valence-electron chi connectivity index (χ4n) is 1.65. The second-order valence-electron chi connectivity index (χ2n) is 4.25. The van der Waals surface area contributed by atoms with Gasteiger partial charge < -0.3 is 5.32 Å². The van der Waals surface area contributed by atoms with Crippen molar-refractivity contribution < 1.29 is 4.79 Å². The molecule has 0 fully saturated rings. The summed E-state index contributed by atoms with van der Waals surface area (Å²) in [7, 11) is 0. The minimum absolute atomic E-state index is 0.111. The summed E-state index contributed by atoms with van der Waals surface area (Å²) in [5, 5.41) is 9.71. The lowest BCUT2D eigenvalue weighted by molar-refractivity contribution is -0.115. The molecule has 2 aromatic rings. The predicted octanol–water partition coefficient (Wildman–Crippen LogP) is 2.62. The van der Waals surface area contributed by atoms with Crippen molar-refractivity contribution >= 4 is 27.7 Å². The van der Waals surface area contributed by atoms with Crippen molar-refractivity contribution in [3.8, 4) is 0 Å². The molecule has 100 valence electrons. The molecule has 19 heavy (non-hydrogen) atoms. The molecule has 0 saturated heterocycles. The molecule has 0 saturated carbocycles. The summed E-state index contributed by atoms with van der Waals surface area (Å²) in [4.78, 5) is 16.1. The van der Waals surface area contributed by atoms with E-state index in [2.05, 4.69) is 36.4 Å². The summed E-state index contributed by atoms with van der Waals surface area (Å²) in [5.74, 6) is 0.419. The third-order valence-corrected chi connectivity index (χ3v) is 3.58. The highest BCUT2D eigenvalue weighted by Crippen LogP contribution is 2.23. The van der Waals surface area contributed by atoms with Crippen molar-refractivity contribution in [2.45, 2.75) is 26.7 Å². The molecule has 0 bridgehead atoms. The lowest BCUT2D eigenvalue weighted by atomic mass is 10.2. The molecule has 0 unspecified atom stereocenters. The predicted molar refractivity (Wildman–Crippen MR) is 77.0 cm³/mol. The van der Waals surface area contributed by atoms with Crippen LogP contribution >= 0.6 is 15.9 Å². The lowest BCUT2D eigenvalue weighted by Crippen LogP contribution is -2.15. The van der Waals surface area contributed by atoms with Crippen LogP contribution in [0.4, 0.5) is 5.82 Å². The first-order valence-corrected chi connectivity index (χ1v) is 6.83. The maximum atomic E-state index is 11.9. The molecule has 0 aliphatic carbocycles. The van der Waals surface area contributed by atoms with Gasteiger partial charge in [-0.05, 0) is 40.9 Å². The van der Waals surface area contributed by atoms with Crippen LogP contribution in [0.3, 0.4) is 0 Å². The molecule has 0 spiro atoms. The average molecular weight is 323 g/mol. The number of carbonyl (C=O) groups excluding carboxylic acids is 1. The second-order valence-corrected chi connectivity index (χ2v) is 5.04. The normalized spacial score (nSPS) is 10.5. The Morgan fingerprint density at radius 3 is 2.84 bits per heavy atom. The van der Waals surface area contributed by atoms with E-state index in [0.29, 0.717) is 5.82 Å². The van der Waals surface area contributed by atoms with Crippen LogP contribution in [0.2, 0.25) is 0 Å². The van der Waals surface area contributed by atoms with Crippen LogP contribution in [-0.2, 0) is 17.6 Å². The van der Waals surface area contributed by atoms with Gasteiger partial charge in [0.15, 0.2) is 5.82 Å². The number of nitrogens with zero attached hydrogens (tertiary/aromatic N) is 2. The van der Waals surface area contributed by atoms with E-state index in [9.17, 15) is 4.79 Å². The molecular weight excluding hydrogens is 308 g/mol. The number of rotatable bonds is 4. The third-order valence-electron chi connectivity index (χ3n) is 2.72. The lowest BCUT2D eigenvalue weighted by Gasteiger charge is -2.03. The third kappa shape index (κ3) is 3.41. The summed E-state index contributed by atoms with van der Waals surface area (Å²) in [6, 6.07) is 3.79. The summed E-state index contributed by atoms with van der Waals surface area (Å²) in [5.41, 5.74) is 2.78. The van der Waals surface area contributed by atoms with E-state index in [1.807, 2.05) is 26.0 Å². The fourth-order valence-corrected chi connectivity index (χ4v) is 2.20. The largest absolute Gasteiger partial charge is 0.308 e. The van der Waals surface area contributed by atoms with Gasteiger partial charge in [0.2, 0.25) is 5.91 Å². The highest BCUT2D eigenvalue weighted by atomic mass is 79.9. The van der Waals surface area contributed by atoms with Crippen LogP contribution in [0.1, 0.15) is 23.9 Å². The van der Waals surface area contributed by atoms with Gasteiger partial charge in [-0.3, -0.25) is 14.9 Å². The average Bonchev–Trinajstić information content (AvgIpc) is 2.73. The molecule has 2 aromatic heterocycles. The van der Waals surface area contributed by atoms with Crippen molar-refractivity contribution in [2.75, 3.05) is 5.32 Å². The van der Waals surface area contributed by atoms with Crippen molar-refractivity contribution in [3.63, 3.8) is 0 Å². The molecular formula is C13H15BrN4O. The van der Waals surface area contributed by atoms with Gasteiger partial charge in [-0.25, -0.2) is 0 Å². The van der Waals surface area contributed by atoms with Crippen molar-refractivity contribution in [3.05, 3.63) is 39.8 Å². The molecule has 0 aromatic carbocycles. The Balaban J connectivity index is 2.01. The van der Waals surface area contributed by atoms with Crippen molar-refractivity contribution in [1.82, 2.24) is 15.2 Å². The summed E-state index contributed by atoms with van der Waals surface area (Å²) < 4.78 is 0.811. The van der Waals surface area contributed by atoms with Gasteiger partial charge in [-0.1, -0.05) is 13.0 Å². The van der Waals surface area contributed by atoms with Gasteiger partial charge in [0.05, 0.1) is 16.6 Å². The van der Waals surface area contributed by atoms with E-state index in [-0.39, 0.29) is 12.3 Å². The van der Waals surface area contributed by atoms with Crippen LogP contribution in [0, 0.1) is 6.92 Å². The molecule has 6 heteroatoms. The van der Waals surface area contributed by atoms with Gasteiger partial charge in [0, 0.05) is 11.9 Å². The number of aryl methyl sites for hydroxylation is 2. The summed E-state index contributed by atoms with van der Waals surface area (Å²) in [6.07, 6.45) is 2.82. The molecule has 2 heterocycles. The number of pyridine rings is 1. The Bertz CT molecular complexity index is 577. The molecule has 5 nitrogen and oxygen atoms in total. The first-order valence-electron chi connectivity index (χ1n) is 6.04. The number of H-pyrrole nitrogens is 1. The Morgan fingerprint density at radius 1 is 1.47 bits per heavy atom. The number of anilines is 1. The first-order chi connectivity index (χ1) is 9.10. The zero-order valence-electron chi connectivity index (χ0n) is 10.8. The number of aromatic nitrogens is 3. The standard InChI is InChI=1S/C13H15BrN4O/c1-3-10-12(14)13(18-17-10)16-11(19)6-9-5-4-8(2)15-7-9/h4-5,7H,3,6H2,1-2H3,(H2,16,17,18,19). The maximum absolute atomic E-state index is 11.9. The molecule has 1 amide bonds. The van der Waals surface area contributed by atoms with E-state index in [0.717, 1.165) is 27.8 Å². The van der Waals surface area contributed by atoms with Gasteiger partial charge in [-0.2, -0.15) is 5.10 Å². The summed E-state index contributed by atoms with van der Waals surface area (Å²) in [6.45, 7) is 3.93. The van der Waals surface area contributed by atoms with Crippen molar-refractivity contribution in [1.29, 1.82) is 0 Å². The molecule has 0 radical (unpaired) electrons. The summed E-state index contributed by atoms with van der Waals surface area (Å²) >= 11 is 3.41. The Kier molecular flexibility index (Phi) is 4.31. The van der Waals surface area contributed by atoms with Crippen LogP contribution in [0.15, 0.2) is 22.8 Å². The van der Waals surface area contributed by atoms with Crippen LogP contribution in [0.5, 0.6) is 0 Å². The SMILES string of the molecule is CCc1[nH]nc(NC(=O)Cc2ccc(C)nc2)c1Br. The Hall–Kier alpha value is -1.69. The monoisotopic (exact) mass is 322 g/mol. The van der Waals surface area contributed by atoms with Crippen LogP contribution in [0.25, 0.3) is 0 Å². The quantitative estimate of drug-likeness (QED) is 0.909. The topological polar surface area (TPSA) is 70.7 Å². The highest BCUT2D eigenvalue weighted by Gasteiger charge is 2.12. The molecule has 0 aliphatic heterocycles. The van der Waals surface area contributed by atoms with Gasteiger partial charge in [0.25, 0.3) is 0 Å². The number of aromatic amines is 1. The minimum atomic E-state index is -0.111.